The van der Waals surface area contributed by atoms with E-state index in [-0.39, 0.29) is 24.0 Å². The number of unbranched alkanes of at least 4 members (excludes halogenated alkanes) is 2. The summed E-state index contributed by atoms with van der Waals surface area (Å²) in [5.74, 6) is -2.10. The standard InChI is InChI=1S/C23H30N4O6/c1-23(2,3)33-22(32)25-13-6-4-5-12-24-15-9-7-8-14-18(15)21(31)27(20(14)30)16-10-11-17(28)26-19(16)29/h7-9,16,24H,4-6,10-13H2,1-3H3,(H,25,32)(H,26,28,29)/t16-/m1/s1. The van der Waals surface area contributed by atoms with E-state index in [0.717, 1.165) is 24.2 Å². The number of nitrogens with one attached hydrogen (secondary N) is 3. The summed E-state index contributed by atoms with van der Waals surface area (Å²) in [6.45, 7) is 6.50. The molecule has 3 rings (SSSR count). The first-order valence-electron chi connectivity index (χ1n) is 11.1. The van der Waals surface area contributed by atoms with Crippen molar-refractivity contribution in [2.24, 2.45) is 0 Å². The highest BCUT2D eigenvalue weighted by atomic mass is 16.6. The molecule has 1 saturated heterocycles. The van der Waals surface area contributed by atoms with Crippen molar-refractivity contribution in [3.63, 3.8) is 0 Å². The molecular formula is C23H30N4O6. The minimum atomic E-state index is -0.986. The van der Waals surface area contributed by atoms with Gasteiger partial charge < -0.3 is 15.4 Å². The van der Waals surface area contributed by atoms with E-state index in [1.165, 1.54) is 0 Å². The number of anilines is 1. The smallest absolute Gasteiger partial charge is 0.407 e. The number of amides is 5. The van der Waals surface area contributed by atoms with Gasteiger partial charge in [0.05, 0.1) is 11.1 Å². The predicted molar refractivity (Wildman–Crippen MR) is 120 cm³/mol. The first kappa shape index (κ1) is 24.2. The van der Waals surface area contributed by atoms with Crippen LogP contribution < -0.4 is 16.0 Å². The molecule has 0 bridgehead atoms. The summed E-state index contributed by atoms with van der Waals surface area (Å²) in [5.41, 5.74) is 0.499. The van der Waals surface area contributed by atoms with Gasteiger partial charge in [0.25, 0.3) is 11.8 Å². The Morgan fingerprint density at radius 1 is 1.09 bits per heavy atom. The van der Waals surface area contributed by atoms with Gasteiger partial charge in [-0.25, -0.2) is 4.79 Å². The molecule has 2 heterocycles. The van der Waals surface area contributed by atoms with Gasteiger partial charge in [0.2, 0.25) is 11.8 Å². The Morgan fingerprint density at radius 3 is 2.52 bits per heavy atom. The van der Waals surface area contributed by atoms with Crippen molar-refractivity contribution in [1.29, 1.82) is 0 Å². The monoisotopic (exact) mass is 458 g/mol. The number of alkyl carbamates (subject to hydrolysis) is 1. The number of fused-ring (bicyclic) bond motifs is 1. The maximum Gasteiger partial charge on any atom is 0.407 e. The van der Waals surface area contributed by atoms with Gasteiger partial charge in [-0.15, -0.1) is 0 Å². The average Bonchev–Trinajstić information content (AvgIpc) is 2.97. The summed E-state index contributed by atoms with van der Waals surface area (Å²) < 4.78 is 5.18. The predicted octanol–water partition coefficient (Wildman–Crippen LogP) is 2.19. The van der Waals surface area contributed by atoms with Gasteiger partial charge >= 0.3 is 6.09 Å². The zero-order valence-corrected chi connectivity index (χ0v) is 19.2. The van der Waals surface area contributed by atoms with Gasteiger partial charge in [0.15, 0.2) is 0 Å². The van der Waals surface area contributed by atoms with E-state index < -0.39 is 41.4 Å². The third-order valence-electron chi connectivity index (χ3n) is 5.31. The van der Waals surface area contributed by atoms with Crippen LogP contribution in [0.1, 0.15) is 73.6 Å². The molecule has 0 unspecified atom stereocenters. The average molecular weight is 459 g/mol. The first-order valence-corrected chi connectivity index (χ1v) is 11.1. The van der Waals surface area contributed by atoms with Crippen molar-refractivity contribution >= 4 is 35.4 Å². The number of carbonyl (C=O) groups excluding carboxylic acids is 5. The molecule has 5 amide bonds. The fraction of sp³-hybridized carbons (Fsp3) is 0.522. The van der Waals surface area contributed by atoms with Gasteiger partial charge in [-0.05, 0) is 58.6 Å². The lowest BCUT2D eigenvalue weighted by Crippen LogP contribution is -2.54. The lowest BCUT2D eigenvalue weighted by molar-refractivity contribution is -0.136. The van der Waals surface area contributed by atoms with Crippen LogP contribution in [0.2, 0.25) is 0 Å². The number of hydrogen-bond donors (Lipinski definition) is 3. The summed E-state index contributed by atoms with van der Waals surface area (Å²) in [4.78, 5) is 62.1. The Hall–Kier alpha value is -3.43. The Bertz CT molecular complexity index is 968. The van der Waals surface area contributed by atoms with Crippen LogP contribution in [0.25, 0.3) is 0 Å². The molecule has 1 atom stereocenters. The van der Waals surface area contributed by atoms with Crippen LogP contribution in [0.3, 0.4) is 0 Å². The summed E-state index contributed by atoms with van der Waals surface area (Å²) in [6.07, 6.45) is 2.16. The molecule has 33 heavy (non-hydrogen) atoms. The van der Waals surface area contributed by atoms with Gasteiger partial charge in [0.1, 0.15) is 11.6 Å². The second kappa shape index (κ2) is 10.0. The molecule has 10 nitrogen and oxygen atoms in total. The molecule has 0 radical (unpaired) electrons. The lowest BCUT2D eigenvalue weighted by atomic mass is 10.0. The van der Waals surface area contributed by atoms with Crippen molar-refractivity contribution < 1.29 is 28.7 Å². The lowest BCUT2D eigenvalue weighted by Gasteiger charge is -2.27. The summed E-state index contributed by atoms with van der Waals surface area (Å²) in [7, 11) is 0. The van der Waals surface area contributed by atoms with Crippen LogP contribution >= 0.6 is 0 Å². The fourth-order valence-electron chi connectivity index (χ4n) is 3.82. The first-order chi connectivity index (χ1) is 15.6. The molecule has 10 heteroatoms. The Kier molecular flexibility index (Phi) is 7.35. The molecular weight excluding hydrogens is 428 g/mol. The highest BCUT2D eigenvalue weighted by molar-refractivity contribution is 6.25. The number of nitrogens with zero attached hydrogens (tertiary/aromatic N) is 1. The molecule has 2 aliphatic heterocycles. The molecule has 1 fully saturated rings. The number of hydrogen-bond acceptors (Lipinski definition) is 7. The van der Waals surface area contributed by atoms with Gasteiger partial charge in [-0.1, -0.05) is 6.07 Å². The van der Waals surface area contributed by atoms with Crippen LogP contribution in [0.15, 0.2) is 18.2 Å². The molecule has 2 aliphatic rings. The second-order valence-corrected chi connectivity index (χ2v) is 9.09. The van der Waals surface area contributed by atoms with Crippen LogP contribution in [-0.4, -0.2) is 59.4 Å². The largest absolute Gasteiger partial charge is 0.444 e. The number of benzene rings is 1. The van der Waals surface area contributed by atoms with Crippen molar-refractivity contribution in [1.82, 2.24) is 15.5 Å². The molecule has 0 aliphatic carbocycles. The molecule has 178 valence electrons. The molecule has 1 aromatic rings. The van der Waals surface area contributed by atoms with Crippen molar-refractivity contribution in [2.45, 2.75) is 64.5 Å². The van der Waals surface area contributed by atoms with E-state index >= 15 is 0 Å². The zero-order valence-electron chi connectivity index (χ0n) is 19.2. The number of ether oxygens (including phenoxy) is 1. The van der Waals surface area contributed by atoms with E-state index in [1.54, 1.807) is 39.0 Å². The van der Waals surface area contributed by atoms with E-state index in [9.17, 15) is 24.0 Å². The number of piperidine rings is 1. The van der Waals surface area contributed by atoms with Crippen molar-refractivity contribution in [3.05, 3.63) is 29.3 Å². The normalized spacial score (nSPS) is 18.2. The second-order valence-electron chi connectivity index (χ2n) is 9.09. The quantitative estimate of drug-likeness (QED) is 0.402. The maximum atomic E-state index is 13.0. The van der Waals surface area contributed by atoms with E-state index in [0.29, 0.717) is 18.8 Å². The van der Waals surface area contributed by atoms with Crippen molar-refractivity contribution in [2.75, 3.05) is 18.4 Å². The molecule has 0 spiro atoms. The van der Waals surface area contributed by atoms with Gasteiger partial charge in [-0.2, -0.15) is 0 Å². The van der Waals surface area contributed by atoms with Crippen LogP contribution in [0, 0.1) is 0 Å². The SMILES string of the molecule is CC(C)(C)OC(=O)NCCCCCNc1cccc2c1C(=O)N([C@@H]1CCC(=O)NC1=O)C2=O. The summed E-state index contributed by atoms with van der Waals surface area (Å²) >= 11 is 0. The van der Waals surface area contributed by atoms with Gasteiger partial charge in [-0.3, -0.25) is 29.4 Å². The Labute approximate surface area is 192 Å². The van der Waals surface area contributed by atoms with E-state index in [2.05, 4.69) is 16.0 Å². The number of imide groups is 2. The minimum Gasteiger partial charge on any atom is -0.444 e. The van der Waals surface area contributed by atoms with Crippen molar-refractivity contribution in [3.8, 4) is 0 Å². The molecule has 0 saturated carbocycles. The maximum absolute atomic E-state index is 13.0. The Morgan fingerprint density at radius 2 is 1.82 bits per heavy atom. The fourth-order valence-corrected chi connectivity index (χ4v) is 3.82. The number of rotatable bonds is 8. The minimum absolute atomic E-state index is 0.0811. The topological polar surface area (TPSA) is 134 Å². The van der Waals surface area contributed by atoms with Crippen LogP contribution in [-0.2, 0) is 14.3 Å². The van der Waals surface area contributed by atoms with Crippen LogP contribution in [0.5, 0.6) is 0 Å². The third-order valence-corrected chi connectivity index (χ3v) is 5.31. The van der Waals surface area contributed by atoms with Crippen LogP contribution in [0.4, 0.5) is 10.5 Å². The highest BCUT2D eigenvalue weighted by Crippen LogP contribution is 2.32. The zero-order chi connectivity index (χ0) is 24.2. The highest BCUT2D eigenvalue weighted by Gasteiger charge is 2.45. The summed E-state index contributed by atoms with van der Waals surface area (Å²) in [6, 6.07) is 3.99. The van der Waals surface area contributed by atoms with Gasteiger partial charge in [0, 0.05) is 25.2 Å². The third kappa shape index (κ3) is 5.88. The van der Waals surface area contributed by atoms with E-state index in [1.807, 2.05) is 0 Å². The molecule has 1 aromatic carbocycles. The summed E-state index contributed by atoms with van der Waals surface area (Å²) in [5, 5.41) is 8.11. The molecule has 0 aromatic heterocycles. The Balaban J connectivity index is 1.50. The molecule has 3 N–H and O–H groups in total. The van der Waals surface area contributed by atoms with E-state index in [4.69, 9.17) is 4.74 Å². The number of carbonyl (C=O) groups is 5.